The van der Waals surface area contributed by atoms with Crippen LogP contribution in [0.25, 0.3) is 10.9 Å². The van der Waals surface area contributed by atoms with Gasteiger partial charge in [0.15, 0.2) is 0 Å². The molecule has 4 rings (SSSR count). The molecule has 0 atom stereocenters. The Hall–Kier alpha value is -2.69. The first kappa shape index (κ1) is 19.6. The van der Waals surface area contributed by atoms with Crippen molar-refractivity contribution in [2.75, 3.05) is 0 Å². The number of nitrogens with zero attached hydrogens (tertiary/aromatic N) is 4. The Morgan fingerprint density at radius 2 is 1.86 bits per heavy atom. The molecule has 0 amide bonds. The lowest BCUT2D eigenvalue weighted by Crippen LogP contribution is -2.25. The molecule has 0 spiro atoms. The third kappa shape index (κ3) is 3.66. The van der Waals surface area contributed by atoms with Crippen LogP contribution >= 0.6 is 0 Å². The van der Waals surface area contributed by atoms with Crippen molar-refractivity contribution in [3.8, 4) is 0 Å². The maximum atomic E-state index is 13.3. The van der Waals surface area contributed by atoms with E-state index in [-0.39, 0.29) is 5.56 Å². The Morgan fingerprint density at radius 1 is 1.14 bits per heavy atom. The smallest absolute Gasteiger partial charge is 0.282 e. The number of benzene rings is 1. The molecule has 3 aromatic rings. The van der Waals surface area contributed by atoms with Crippen LogP contribution in [0.2, 0.25) is 0 Å². The molecule has 1 aromatic carbocycles. The van der Waals surface area contributed by atoms with Crippen molar-refractivity contribution < 1.29 is 0 Å². The van der Waals surface area contributed by atoms with Gasteiger partial charge in [0.2, 0.25) is 0 Å². The summed E-state index contributed by atoms with van der Waals surface area (Å²) in [6.45, 7) is 8.58. The number of para-hydroxylation sites is 1. The van der Waals surface area contributed by atoms with Crippen molar-refractivity contribution in [2.24, 2.45) is 5.10 Å². The zero-order chi connectivity index (χ0) is 20.5. The van der Waals surface area contributed by atoms with E-state index < -0.39 is 0 Å². The lowest BCUT2D eigenvalue weighted by Gasteiger charge is -2.22. The van der Waals surface area contributed by atoms with Gasteiger partial charge < -0.3 is 4.57 Å². The molecule has 2 aromatic heterocycles. The lowest BCUT2D eigenvalue weighted by molar-refractivity contribution is 0.416. The molecule has 29 heavy (non-hydrogen) atoms. The quantitative estimate of drug-likeness (QED) is 0.566. The SMILES string of the molecule is Cc1cc(C=Nn2c(C3CCCCC3)nc3ccccc3c2=O)c(C)n1C(C)C. The molecule has 2 heterocycles. The first-order valence-electron chi connectivity index (χ1n) is 10.7. The van der Waals surface area contributed by atoms with E-state index in [1.54, 1.807) is 4.68 Å². The van der Waals surface area contributed by atoms with Gasteiger partial charge in [0.05, 0.1) is 17.1 Å². The van der Waals surface area contributed by atoms with Crippen LogP contribution in [0.5, 0.6) is 0 Å². The number of rotatable bonds is 4. The monoisotopic (exact) mass is 390 g/mol. The van der Waals surface area contributed by atoms with Gasteiger partial charge in [-0.1, -0.05) is 31.4 Å². The van der Waals surface area contributed by atoms with Gasteiger partial charge in [0, 0.05) is 28.9 Å². The molecule has 5 nitrogen and oxygen atoms in total. The van der Waals surface area contributed by atoms with Crippen molar-refractivity contribution in [3.63, 3.8) is 0 Å². The van der Waals surface area contributed by atoms with Crippen LogP contribution in [0.15, 0.2) is 40.2 Å². The minimum atomic E-state index is -0.0786. The largest absolute Gasteiger partial charge is 0.346 e. The number of aromatic nitrogens is 3. The highest BCUT2D eigenvalue weighted by atomic mass is 16.1. The van der Waals surface area contributed by atoms with Crippen molar-refractivity contribution >= 4 is 17.1 Å². The summed E-state index contributed by atoms with van der Waals surface area (Å²) >= 11 is 0. The summed E-state index contributed by atoms with van der Waals surface area (Å²) < 4.78 is 3.85. The molecule has 152 valence electrons. The van der Waals surface area contributed by atoms with Crippen molar-refractivity contribution in [3.05, 3.63) is 63.5 Å². The Labute approximate surface area is 172 Å². The van der Waals surface area contributed by atoms with Gasteiger partial charge in [-0.25, -0.2) is 4.98 Å². The second-order valence-corrected chi connectivity index (χ2v) is 8.47. The zero-order valence-corrected chi connectivity index (χ0v) is 17.9. The normalized spacial score (nSPS) is 15.8. The van der Waals surface area contributed by atoms with Crippen LogP contribution in [0, 0.1) is 13.8 Å². The topological polar surface area (TPSA) is 52.2 Å². The van der Waals surface area contributed by atoms with E-state index in [4.69, 9.17) is 4.98 Å². The summed E-state index contributed by atoms with van der Waals surface area (Å²) in [6.07, 6.45) is 7.60. The van der Waals surface area contributed by atoms with Crippen LogP contribution in [-0.4, -0.2) is 20.4 Å². The Kier molecular flexibility index (Phi) is 5.39. The first-order chi connectivity index (χ1) is 14.0. The van der Waals surface area contributed by atoms with Crippen LogP contribution in [0.1, 0.15) is 80.7 Å². The molecule has 0 saturated heterocycles. The number of hydrogen-bond acceptors (Lipinski definition) is 3. The Morgan fingerprint density at radius 3 is 2.55 bits per heavy atom. The maximum absolute atomic E-state index is 13.3. The highest BCUT2D eigenvalue weighted by molar-refractivity contribution is 5.82. The molecule has 0 N–H and O–H groups in total. The van der Waals surface area contributed by atoms with Crippen molar-refractivity contribution in [1.29, 1.82) is 0 Å². The summed E-state index contributed by atoms with van der Waals surface area (Å²) in [5, 5.41) is 5.30. The van der Waals surface area contributed by atoms with E-state index in [9.17, 15) is 4.79 Å². The van der Waals surface area contributed by atoms with Crippen LogP contribution in [-0.2, 0) is 0 Å². The molecule has 1 fully saturated rings. The van der Waals surface area contributed by atoms with Crippen LogP contribution < -0.4 is 5.56 Å². The fourth-order valence-corrected chi connectivity index (χ4v) is 4.73. The highest BCUT2D eigenvalue weighted by Crippen LogP contribution is 2.31. The Bertz CT molecular complexity index is 1110. The predicted octanol–water partition coefficient (Wildman–Crippen LogP) is 5.33. The van der Waals surface area contributed by atoms with Crippen molar-refractivity contribution in [2.45, 2.75) is 71.8 Å². The first-order valence-corrected chi connectivity index (χ1v) is 10.7. The second-order valence-electron chi connectivity index (χ2n) is 8.47. The van der Waals surface area contributed by atoms with Crippen LogP contribution in [0.4, 0.5) is 0 Å². The second kappa shape index (κ2) is 7.97. The minimum absolute atomic E-state index is 0.0786. The predicted molar refractivity (Wildman–Crippen MR) is 119 cm³/mol. The van der Waals surface area contributed by atoms with Crippen molar-refractivity contribution in [1.82, 2.24) is 14.2 Å². The van der Waals surface area contributed by atoms with E-state index in [1.807, 2.05) is 30.5 Å². The van der Waals surface area contributed by atoms with E-state index in [0.717, 1.165) is 29.7 Å². The van der Waals surface area contributed by atoms with Crippen LogP contribution in [0.3, 0.4) is 0 Å². The molecular weight excluding hydrogens is 360 g/mol. The van der Waals surface area contributed by atoms with Gasteiger partial charge in [-0.05, 0) is 58.7 Å². The number of fused-ring (bicyclic) bond motifs is 1. The van der Waals surface area contributed by atoms with E-state index in [0.29, 0.717) is 17.3 Å². The van der Waals surface area contributed by atoms with Gasteiger partial charge in [-0.2, -0.15) is 9.78 Å². The molecular formula is C24H30N4O. The number of hydrogen-bond donors (Lipinski definition) is 0. The average Bonchev–Trinajstić information content (AvgIpc) is 3.01. The molecule has 0 bridgehead atoms. The molecule has 0 radical (unpaired) electrons. The van der Waals surface area contributed by atoms with Gasteiger partial charge in [-0.3, -0.25) is 4.79 Å². The standard InChI is InChI=1S/C24H30N4O/c1-16(2)27-17(3)14-20(18(27)4)15-25-28-23(19-10-6-5-7-11-19)26-22-13-9-8-12-21(22)24(28)29/h8-9,12-16,19H,5-7,10-11H2,1-4H3. The summed E-state index contributed by atoms with van der Waals surface area (Å²) in [7, 11) is 0. The lowest BCUT2D eigenvalue weighted by atomic mass is 9.88. The van der Waals surface area contributed by atoms with Gasteiger partial charge in [0.1, 0.15) is 5.82 Å². The third-order valence-electron chi connectivity index (χ3n) is 6.10. The third-order valence-corrected chi connectivity index (χ3v) is 6.10. The average molecular weight is 391 g/mol. The maximum Gasteiger partial charge on any atom is 0.282 e. The fraction of sp³-hybridized carbons (Fsp3) is 0.458. The fourth-order valence-electron chi connectivity index (χ4n) is 4.73. The molecule has 1 saturated carbocycles. The molecule has 0 aliphatic heterocycles. The molecule has 0 unspecified atom stereocenters. The van der Waals surface area contributed by atoms with Gasteiger partial charge in [-0.15, -0.1) is 0 Å². The summed E-state index contributed by atoms with van der Waals surface area (Å²) in [4.78, 5) is 18.2. The van der Waals surface area contributed by atoms with E-state index >= 15 is 0 Å². The Balaban J connectivity index is 1.84. The minimum Gasteiger partial charge on any atom is -0.346 e. The number of aryl methyl sites for hydroxylation is 1. The summed E-state index contributed by atoms with van der Waals surface area (Å²) in [6, 6.07) is 10.1. The summed E-state index contributed by atoms with van der Waals surface area (Å²) in [5.74, 6) is 1.10. The van der Waals surface area contributed by atoms with Gasteiger partial charge >= 0.3 is 0 Å². The molecule has 1 aliphatic rings. The van der Waals surface area contributed by atoms with E-state index in [2.05, 4.69) is 43.4 Å². The molecule has 1 aliphatic carbocycles. The zero-order valence-electron chi connectivity index (χ0n) is 17.9. The van der Waals surface area contributed by atoms with E-state index in [1.165, 1.54) is 30.7 Å². The summed E-state index contributed by atoms with van der Waals surface area (Å²) in [5.41, 5.74) is 4.11. The molecule has 5 heteroatoms. The highest BCUT2D eigenvalue weighted by Gasteiger charge is 2.22. The van der Waals surface area contributed by atoms with Gasteiger partial charge in [0.25, 0.3) is 5.56 Å².